The van der Waals surface area contributed by atoms with Gasteiger partial charge in [0.15, 0.2) is 0 Å². The van der Waals surface area contributed by atoms with E-state index in [1.165, 1.54) is 16.6 Å². The zero-order valence-corrected chi connectivity index (χ0v) is 18.8. The van der Waals surface area contributed by atoms with Gasteiger partial charge in [0.05, 0.1) is 5.70 Å². The predicted octanol–water partition coefficient (Wildman–Crippen LogP) is 6.27. The average molecular weight is 465 g/mol. The molecule has 2 aromatic carbocycles. The quantitative estimate of drug-likeness (QED) is 0.362. The van der Waals surface area contributed by atoms with E-state index in [1.807, 2.05) is 47.3 Å². The van der Waals surface area contributed by atoms with Crippen LogP contribution < -0.4 is 10.1 Å². The number of thiophene rings is 1. The first-order valence-corrected chi connectivity index (χ1v) is 12.3. The third-order valence-corrected chi connectivity index (χ3v) is 7.21. The minimum absolute atomic E-state index is 0.128. The Bertz CT molecular complexity index is 1300. The van der Waals surface area contributed by atoms with E-state index < -0.39 is 0 Å². The van der Waals surface area contributed by atoms with Crippen molar-refractivity contribution >= 4 is 46.3 Å². The number of nitrogens with one attached hydrogen (secondary N) is 1. The molecule has 0 spiro atoms. The smallest absolute Gasteiger partial charge is 0.227 e. The Morgan fingerprint density at radius 1 is 1.13 bits per heavy atom. The minimum Gasteiger partial charge on any atom is -0.480 e. The lowest BCUT2D eigenvalue weighted by Gasteiger charge is -2.38. The van der Waals surface area contributed by atoms with Crippen molar-refractivity contribution in [2.45, 2.75) is 17.3 Å². The number of ether oxygens (including phenoxy) is 1. The Kier molecular flexibility index (Phi) is 4.56. The summed E-state index contributed by atoms with van der Waals surface area (Å²) in [6, 6.07) is 20.1. The van der Waals surface area contributed by atoms with Gasteiger partial charge in [-0.1, -0.05) is 59.8 Å². The van der Waals surface area contributed by atoms with Gasteiger partial charge < -0.3 is 10.1 Å². The molecule has 2 aliphatic rings. The fourth-order valence-electron chi connectivity index (χ4n) is 4.19. The summed E-state index contributed by atoms with van der Waals surface area (Å²) in [5.41, 5.74) is 4.13. The maximum absolute atomic E-state index is 6.60. The van der Waals surface area contributed by atoms with E-state index in [0.717, 1.165) is 39.3 Å². The molecular weight excluding hydrogens is 448 g/mol. The molecule has 8 heteroatoms. The Hall–Kier alpha value is -2.74. The van der Waals surface area contributed by atoms with Gasteiger partial charge in [-0.05, 0) is 41.5 Å². The molecule has 31 heavy (non-hydrogen) atoms. The molecule has 4 aromatic rings. The lowest BCUT2D eigenvalue weighted by atomic mass is 9.87. The van der Waals surface area contributed by atoms with Crippen LogP contribution in [-0.4, -0.2) is 21.0 Å². The molecule has 5 nitrogen and oxygen atoms in total. The number of hydrogen-bond donors (Lipinski definition) is 1. The Morgan fingerprint density at radius 2 is 2.00 bits per heavy atom. The van der Waals surface area contributed by atoms with Crippen molar-refractivity contribution < 1.29 is 4.74 Å². The van der Waals surface area contributed by atoms with E-state index in [1.54, 1.807) is 11.3 Å². The third kappa shape index (κ3) is 3.07. The lowest BCUT2D eigenvalue weighted by molar-refractivity contribution is 0.223. The molecule has 1 N–H and O–H groups in total. The van der Waals surface area contributed by atoms with Crippen LogP contribution in [0, 0.1) is 0 Å². The van der Waals surface area contributed by atoms with Crippen molar-refractivity contribution in [2.75, 3.05) is 11.6 Å². The van der Waals surface area contributed by atoms with Gasteiger partial charge in [0, 0.05) is 21.0 Å². The third-order valence-electron chi connectivity index (χ3n) is 5.51. The van der Waals surface area contributed by atoms with Crippen molar-refractivity contribution in [3.05, 3.63) is 92.6 Å². The van der Waals surface area contributed by atoms with Gasteiger partial charge in [0.1, 0.15) is 17.9 Å². The van der Waals surface area contributed by atoms with E-state index >= 15 is 0 Å². The van der Waals surface area contributed by atoms with E-state index in [0.29, 0.717) is 5.02 Å². The average Bonchev–Trinajstić information content (AvgIpc) is 3.47. The van der Waals surface area contributed by atoms with Crippen molar-refractivity contribution in [3.63, 3.8) is 0 Å². The molecule has 154 valence electrons. The van der Waals surface area contributed by atoms with E-state index in [4.69, 9.17) is 26.4 Å². The zero-order chi connectivity index (χ0) is 20.9. The summed E-state index contributed by atoms with van der Waals surface area (Å²) in [5.74, 6) is 1.52. The first-order chi connectivity index (χ1) is 15.2. The number of anilines is 1. The number of thioether (sulfide) groups is 1. The monoisotopic (exact) mass is 464 g/mol. The van der Waals surface area contributed by atoms with Crippen LogP contribution in [0.2, 0.25) is 5.02 Å². The SMILES string of the molecule is CSc1nc2n(n1)[C@@H](c1cccs1)C1=C(N2)c2cc(Cl)ccc2O[C@H]1c1ccccc1. The van der Waals surface area contributed by atoms with Crippen molar-refractivity contribution in [1.29, 1.82) is 0 Å². The molecule has 0 saturated heterocycles. The maximum Gasteiger partial charge on any atom is 0.227 e. The number of aromatic nitrogens is 3. The van der Waals surface area contributed by atoms with Gasteiger partial charge in [0.25, 0.3) is 0 Å². The number of rotatable bonds is 3. The van der Waals surface area contributed by atoms with Gasteiger partial charge >= 0.3 is 0 Å². The van der Waals surface area contributed by atoms with Crippen LogP contribution in [0.15, 0.2) is 76.8 Å². The molecule has 0 radical (unpaired) electrons. The Balaban J connectivity index is 1.64. The van der Waals surface area contributed by atoms with Gasteiger partial charge in [-0.3, -0.25) is 0 Å². The molecule has 0 aliphatic carbocycles. The highest BCUT2D eigenvalue weighted by atomic mass is 35.5. The number of nitrogens with zero attached hydrogens (tertiary/aromatic N) is 3. The molecule has 4 heterocycles. The lowest BCUT2D eigenvalue weighted by Crippen LogP contribution is -2.32. The standard InChI is InChI=1S/C23H17ClN4OS2/c1-30-23-26-22-25-19-15-12-14(24)9-10-16(15)29-21(13-6-3-2-4-7-13)18(19)20(28(22)27-23)17-8-5-11-31-17/h2-12,20-21H,1H3,(H,25,26,27)/t20-,21-/m0/s1. The number of benzene rings is 2. The molecule has 6 rings (SSSR count). The van der Waals surface area contributed by atoms with Crippen LogP contribution in [0.4, 0.5) is 5.95 Å². The molecule has 0 bridgehead atoms. The van der Waals surface area contributed by atoms with Crippen LogP contribution in [0.3, 0.4) is 0 Å². The van der Waals surface area contributed by atoms with Gasteiger partial charge in [0.2, 0.25) is 11.1 Å². The fourth-order valence-corrected chi connectivity index (χ4v) is 5.54. The summed E-state index contributed by atoms with van der Waals surface area (Å²) in [4.78, 5) is 5.90. The first kappa shape index (κ1) is 19.0. The maximum atomic E-state index is 6.60. The summed E-state index contributed by atoms with van der Waals surface area (Å²) < 4.78 is 8.58. The largest absolute Gasteiger partial charge is 0.480 e. The normalized spacial score (nSPS) is 19.2. The van der Waals surface area contributed by atoms with Crippen LogP contribution in [0.25, 0.3) is 5.70 Å². The van der Waals surface area contributed by atoms with E-state index in [2.05, 4.69) is 35.0 Å². The molecule has 0 unspecified atom stereocenters. The molecule has 2 aliphatic heterocycles. The summed E-state index contributed by atoms with van der Waals surface area (Å²) in [7, 11) is 0. The van der Waals surface area contributed by atoms with Gasteiger partial charge in [-0.15, -0.1) is 16.4 Å². The summed E-state index contributed by atoms with van der Waals surface area (Å²) in [5, 5.41) is 11.8. The van der Waals surface area contributed by atoms with E-state index in [9.17, 15) is 0 Å². The summed E-state index contributed by atoms with van der Waals surface area (Å²) in [6.45, 7) is 0. The molecule has 0 saturated carbocycles. The molecule has 2 aromatic heterocycles. The zero-order valence-electron chi connectivity index (χ0n) is 16.4. The highest BCUT2D eigenvalue weighted by Crippen LogP contribution is 2.51. The molecule has 2 atom stereocenters. The predicted molar refractivity (Wildman–Crippen MR) is 126 cm³/mol. The van der Waals surface area contributed by atoms with Crippen molar-refractivity contribution in [3.8, 4) is 5.75 Å². The van der Waals surface area contributed by atoms with Crippen LogP contribution in [0.1, 0.15) is 28.1 Å². The summed E-state index contributed by atoms with van der Waals surface area (Å²) in [6.07, 6.45) is 1.72. The van der Waals surface area contributed by atoms with Crippen molar-refractivity contribution in [1.82, 2.24) is 14.8 Å². The molecular formula is C23H17ClN4OS2. The van der Waals surface area contributed by atoms with E-state index in [-0.39, 0.29) is 12.1 Å². The van der Waals surface area contributed by atoms with Crippen LogP contribution in [0.5, 0.6) is 5.75 Å². The Labute approximate surface area is 192 Å². The second-order valence-corrected chi connectivity index (χ2v) is 9.48. The fraction of sp³-hybridized carbons (Fsp3) is 0.130. The van der Waals surface area contributed by atoms with Crippen molar-refractivity contribution in [2.24, 2.45) is 0 Å². The molecule has 0 amide bonds. The second-order valence-electron chi connectivity index (χ2n) is 7.29. The Morgan fingerprint density at radius 3 is 2.77 bits per heavy atom. The van der Waals surface area contributed by atoms with Gasteiger partial charge in [-0.25, -0.2) is 4.68 Å². The first-order valence-electron chi connectivity index (χ1n) is 9.79. The molecule has 0 fully saturated rings. The van der Waals surface area contributed by atoms with Crippen LogP contribution in [-0.2, 0) is 0 Å². The number of fused-ring (bicyclic) bond motifs is 3. The highest BCUT2D eigenvalue weighted by Gasteiger charge is 2.41. The minimum atomic E-state index is -0.264. The number of hydrogen-bond acceptors (Lipinski definition) is 6. The highest BCUT2D eigenvalue weighted by molar-refractivity contribution is 7.98. The second kappa shape index (κ2) is 7.44. The topological polar surface area (TPSA) is 52.0 Å². The van der Waals surface area contributed by atoms with Crippen LogP contribution >= 0.6 is 34.7 Å². The van der Waals surface area contributed by atoms with Gasteiger partial charge in [-0.2, -0.15) is 4.98 Å². The number of halogens is 1. The summed E-state index contributed by atoms with van der Waals surface area (Å²) >= 11 is 9.62.